The highest BCUT2D eigenvalue weighted by atomic mass is 16.7. The largest absolute Gasteiger partial charge is 0.484 e. The highest BCUT2D eigenvalue weighted by molar-refractivity contribution is 5.79. The number of aryl methyl sites for hydroxylation is 1. The first-order valence-electron chi connectivity index (χ1n) is 10.2. The van der Waals surface area contributed by atoms with Crippen LogP contribution in [0.1, 0.15) is 31.4 Å². The predicted molar refractivity (Wildman–Crippen MR) is 112 cm³/mol. The van der Waals surface area contributed by atoms with Crippen LogP contribution < -0.4 is 19.8 Å². The summed E-state index contributed by atoms with van der Waals surface area (Å²) in [5.74, 6) is 1.78. The van der Waals surface area contributed by atoms with Gasteiger partial charge in [-0.1, -0.05) is 6.07 Å². The number of benzene rings is 2. The van der Waals surface area contributed by atoms with E-state index in [2.05, 4.69) is 0 Å². The van der Waals surface area contributed by atoms with Crippen molar-refractivity contribution in [2.75, 3.05) is 6.79 Å². The van der Waals surface area contributed by atoms with E-state index in [1.807, 2.05) is 38.1 Å². The molecule has 1 atom stereocenters. The summed E-state index contributed by atoms with van der Waals surface area (Å²) in [5, 5.41) is 0.801. The first kappa shape index (κ1) is 19.5. The Kier molecular flexibility index (Phi) is 4.61. The smallest absolute Gasteiger partial charge is 0.336 e. The fourth-order valence-electron chi connectivity index (χ4n) is 3.94. The van der Waals surface area contributed by atoms with E-state index in [1.165, 1.54) is 6.07 Å². The molecule has 160 valence electrons. The Bertz CT molecular complexity index is 1220. The molecule has 0 spiro atoms. The zero-order chi connectivity index (χ0) is 21.6. The minimum Gasteiger partial charge on any atom is -0.484 e. The molecule has 5 rings (SSSR count). The SMILES string of the molecule is CC1(C)Oc2cc3oc(=O)ccc3cc2C[C@H]1OC(=O)CCc1ccc2c(c1)OCO2. The van der Waals surface area contributed by atoms with Gasteiger partial charge in [0.2, 0.25) is 6.79 Å². The number of rotatable bonds is 4. The van der Waals surface area contributed by atoms with E-state index in [1.54, 1.807) is 12.1 Å². The van der Waals surface area contributed by atoms with Crippen LogP contribution in [0, 0.1) is 0 Å². The third-order valence-electron chi connectivity index (χ3n) is 5.68. The number of carbonyl (C=O) groups is 1. The number of fused-ring (bicyclic) bond motifs is 3. The average molecular weight is 422 g/mol. The summed E-state index contributed by atoms with van der Waals surface area (Å²) in [6, 6.07) is 12.4. The van der Waals surface area contributed by atoms with Crippen molar-refractivity contribution in [3.8, 4) is 17.2 Å². The molecule has 0 N–H and O–H groups in total. The van der Waals surface area contributed by atoms with Crippen molar-refractivity contribution in [2.24, 2.45) is 0 Å². The lowest BCUT2D eigenvalue weighted by molar-refractivity contribution is -0.161. The Hall–Kier alpha value is -3.48. The van der Waals surface area contributed by atoms with E-state index in [0.717, 1.165) is 22.3 Å². The molecule has 0 bridgehead atoms. The Labute approximate surface area is 178 Å². The molecule has 0 aliphatic carbocycles. The average Bonchev–Trinajstić information content (AvgIpc) is 3.19. The zero-order valence-electron chi connectivity index (χ0n) is 17.3. The molecule has 2 aliphatic rings. The predicted octanol–water partition coefficient (Wildman–Crippen LogP) is 3.78. The van der Waals surface area contributed by atoms with Gasteiger partial charge in [0.15, 0.2) is 11.5 Å². The van der Waals surface area contributed by atoms with E-state index in [9.17, 15) is 9.59 Å². The van der Waals surface area contributed by atoms with Crippen molar-refractivity contribution < 1.29 is 28.2 Å². The first-order valence-corrected chi connectivity index (χ1v) is 10.2. The molecule has 0 radical (unpaired) electrons. The van der Waals surface area contributed by atoms with Crippen molar-refractivity contribution in [3.05, 3.63) is 64.0 Å². The maximum Gasteiger partial charge on any atom is 0.336 e. The van der Waals surface area contributed by atoms with Crippen LogP contribution in [0.15, 0.2) is 51.7 Å². The highest BCUT2D eigenvalue weighted by Gasteiger charge is 2.40. The summed E-state index contributed by atoms with van der Waals surface area (Å²) < 4.78 is 27.9. The molecular weight excluding hydrogens is 400 g/mol. The maximum absolute atomic E-state index is 12.6. The van der Waals surface area contributed by atoms with Gasteiger partial charge < -0.3 is 23.4 Å². The molecule has 2 aliphatic heterocycles. The lowest BCUT2D eigenvalue weighted by Gasteiger charge is -2.39. The van der Waals surface area contributed by atoms with Crippen molar-refractivity contribution in [1.29, 1.82) is 0 Å². The molecule has 3 aromatic rings. The Morgan fingerprint density at radius 2 is 1.90 bits per heavy atom. The van der Waals surface area contributed by atoms with Crippen LogP contribution in [0.25, 0.3) is 11.0 Å². The number of ether oxygens (including phenoxy) is 4. The van der Waals surface area contributed by atoms with Gasteiger partial charge in [-0.2, -0.15) is 0 Å². The normalized spacial score (nSPS) is 18.3. The summed E-state index contributed by atoms with van der Waals surface area (Å²) >= 11 is 0. The third kappa shape index (κ3) is 3.83. The van der Waals surface area contributed by atoms with Gasteiger partial charge in [0.1, 0.15) is 23.0 Å². The van der Waals surface area contributed by atoms with Crippen LogP contribution >= 0.6 is 0 Å². The molecule has 7 heteroatoms. The third-order valence-corrected chi connectivity index (χ3v) is 5.68. The van der Waals surface area contributed by atoms with E-state index in [4.69, 9.17) is 23.4 Å². The Morgan fingerprint density at radius 1 is 1.06 bits per heavy atom. The van der Waals surface area contributed by atoms with Gasteiger partial charge >= 0.3 is 11.6 Å². The second-order valence-electron chi connectivity index (χ2n) is 8.33. The van der Waals surface area contributed by atoms with Crippen LogP contribution in [0.5, 0.6) is 17.2 Å². The minimum atomic E-state index is -0.718. The van der Waals surface area contributed by atoms with Crippen LogP contribution in [-0.2, 0) is 22.4 Å². The highest BCUT2D eigenvalue weighted by Crippen LogP contribution is 2.37. The zero-order valence-corrected chi connectivity index (χ0v) is 17.3. The van der Waals surface area contributed by atoms with Gasteiger partial charge in [0.05, 0.1) is 0 Å². The fourth-order valence-corrected chi connectivity index (χ4v) is 3.94. The topological polar surface area (TPSA) is 84.2 Å². The summed E-state index contributed by atoms with van der Waals surface area (Å²) in [6.07, 6.45) is 0.885. The van der Waals surface area contributed by atoms with Gasteiger partial charge in [0.25, 0.3) is 0 Å². The molecule has 0 saturated heterocycles. The van der Waals surface area contributed by atoms with Gasteiger partial charge in [-0.15, -0.1) is 0 Å². The molecule has 0 fully saturated rings. The Balaban J connectivity index is 1.28. The second-order valence-corrected chi connectivity index (χ2v) is 8.33. The first-order chi connectivity index (χ1) is 14.9. The fraction of sp³-hybridized carbons (Fsp3) is 0.333. The monoisotopic (exact) mass is 422 g/mol. The second kappa shape index (κ2) is 7.34. The summed E-state index contributed by atoms with van der Waals surface area (Å²) in [5.41, 5.74) is 1.25. The van der Waals surface area contributed by atoms with E-state index < -0.39 is 17.3 Å². The van der Waals surface area contributed by atoms with Crippen LogP contribution in [0.2, 0.25) is 0 Å². The van der Waals surface area contributed by atoms with Crippen molar-refractivity contribution in [3.63, 3.8) is 0 Å². The summed E-state index contributed by atoms with van der Waals surface area (Å²) in [4.78, 5) is 24.1. The van der Waals surface area contributed by atoms with Gasteiger partial charge in [-0.3, -0.25) is 4.79 Å². The van der Waals surface area contributed by atoms with Crippen LogP contribution in [-0.4, -0.2) is 24.5 Å². The molecule has 2 aromatic carbocycles. The van der Waals surface area contributed by atoms with E-state index in [-0.39, 0.29) is 19.2 Å². The number of hydrogen-bond acceptors (Lipinski definition) is 7. The van der Waals surface area contributed by atoms with Crippen molar-refractivity contribution in [2.45, 2.75) is 44.8 Å². The van der Waals surface area contributed by atoms with Crippen LogP contribution in [0.3, 0.4) is 0 Å². The maximum atomic E-state index is 12.6. The Morgan fingerprint density at radius 3 is 2.77 bits per heavy atom. The lowest BCUT2D eigenvalue weighted by Crippen LogP contribution is -2.48. The molecule has 0 unspecified atom stereocenters. The van der Waals surface area contributed by atoms with Gasteiger partial charge in [0, 0.05) is 30.4 Å². The summed E-state index contributed by atoms with van der Waals surface area (Å²) in [6.45, 7) is 3.99. The molecular formula is C24H22O7. The van der Waals surface area contributed by atoms with Gasteiger partial charge in [-0.25, -0.2) is 4.79 Å². The molecule has 31 heavy (non-hydrogen) atoms. The van der Waals surface area contributed by atoms with Crippen molar-refractivity contribution >= 4 is 16.9 Å². The number of hydrogen-bond donors (Lipinski definition) is 0. The molecule has 0 amide bonds. The molecule has 0 saturated carbocycles. The minimum absolute atomic E-state index is 0.223. The van der Waals surface area contributed by atoms with Gasteiger partial charge in [-0.05, 0) is 55.7 Å². The van der Waals surface area contributed by atoms with E-state index >= 15 is 0 Å². The standard InChI is InChI=1S/C24H22O7/c1-24(2)21(11-16-10-15-5-8-22(25)29-18(15)12-19(16)31-24)30-23(26)7-4-14-3-6-17-20(9-14)28-13-27-17/h3,5-6,8-10,12,21H,4,7,11,13H2,1-2H3/t21-/m1/s1. The number of carbonyl (C=O) groups excluding carboxylic acids is 1. The molecule has 3 heterocycles. The van der Waals surface area contributed by atoms with Crippen molar-refractivity contribution in [1.82, 2.24) is 0 Å². The lowest BCUT2D eigenvalue weighted by atomic mass is 9.90. The quantitative estimate of drug-likeness (QED) is 0.467. The van der Waals surface area contributed by atoms with Crippen LogP contribution in [0.4, 0.5) is 0 Å². The van der Waals surface area contributed by atoms with E-state index in [0.29, 0.717) is 29.9 Å². The molecule has 1 aromatic heterocycles. The molecule has 7 nitrogen and oxygen atoms in total. The number of esters is 1. The summed E-state index contributed by atoms with van der Waals surface area (Å²) in [7, 11) is 0.